The molecule has 0 saturated carbocycles. The Bertz CT molecular complexity index is 203. The van der Waals surface area contributed by atoms with Crippen molar-refractivity contribution in [1.29, 1.82) is 0 Å². The van der Waals surface area contributed by atoms with E-state index < -0.39 is 0 Å². The van der Waals surface area contributed by atoms with Crippen molar-refractivity contribution in [1.82, 2.24) is 0 Å². The van der Waals surface area contributed by atoms with E-state index in [-0.39, 0.29) is 6.04 Å². The molecule has 1 aliphatic rings. The third-order valence-electron chi connectivity index (χ3n) is 2.99. The lowest BCUT2D eigenvalue weighted by molar-refractivity contribution is 0.385. The summed E-state index contributed by atoms with van der Waals surface area (Å²) in [6, 6.07) is 0.252. The van der Waals surface area contributed by atoms with Gasteiger partial charge in [-0.3, -0.25) is 0 Å². The van der Waals surface area contributed by atoms with Crippen LogP contribution in [-0.4, -0.2) is 16.5 Å². The normalized spacial score (nSPS) is 37.0. The highest BCUT2D eigenvalue weighted by molar-refractivity contribution is 14.1. The van der Waals surface area contributed by atoms with Crippen molar-refractivity contribution in [3.05, 3.63) is 11.6 Å². The van der Waals surface area contributed by atoms with Gasteiger partial charge < -0.3 is 11.5 Å². The molecule has 2 nitrogen and oxygen atoms in total. The van der Waals surface area contributed by atoms with Crippen LogP contribution in [0.5, 0.6) is 0 Å². The van der Waals surface area contributed by atoms with Crippen LogP contribution in [0.15, 0.2) is 11.6 Å². The van der Waals surface area contributed by atoms with Crippen LogP contribution in [-0.2, 0) is 0 Å². The molecule has 4 N–H and O–H groups in total. The third kappa shape index (κ3) is 2.67. The van der Waals surface area contributed by atoms with E-state index in [4.69, 9.17) is 11.5 Å². The number of hydrogen-bond donors (Lipinski definition) is 2. The Morgan fingerprint density at radius 1 is 1.69 bits per heavy atom. The van der Waals surface area contributed by atoms with Crippen molar-refractivity contribution in [2.75, 3.05) is 6.54 Å². The van der Waals surface area contributed by atoms with Gasteiger partial charge in [-0.15, -0.1) is 0 Å². The van der Waals surface area contributed by atoms with E-state index in [1.807, 2.05) is 0 Å². The lowest BCUT2D eigenvalue weighted by Gasteiger charge is -2.32. The molecule has 0 heterocycles. The highest BCUT2D eigenvalue weighted by atomic mass is 127. The lowest BCUT2D eigenvalue weighted by atomic mass is 9.81. The first kappa shape index (κ1) is 11.5. The van der Waals surface area contributed by atoms with Gasteiger partial charge in [0.1, 0.15) is 0 Å². The molecule has 0 amide bonds. The number of alkyl halides is 1. The van der Waals surface area contributed by atoms with Crippen molar-refractivity contribution in [2.24, 2.45) is 23.3 Å². The summed E-state index contributed by atoms with van der Waals surface area (Å²) >= 11 is 2.46. The van der Waals surface area contributed by atoms with Gasteiger partial charge in [0.25, 0.3) is 0 Å². The summed E-state index contributed by atoms with van der Waals surface area (Å²) in [6.07, 6.45) is 3.49. The first-order chi connectivity index (χ1) is 6.06. The van der Waals surface area contributed by atoms with Gasteiger partial charge in [0.15, 0.2) is 0 Å². The summed E-state index contributed by atoms with van der Waals surface area (Å²) in [7, 11) is 0. The van der Waals surface area contributed by atoms with E-state index in [9.17, 15) is 0 Å². The van der Waals surface area contributed by atoms with Crippen molar-refractivity contribution >= 4 is 22.6 Å². The van der Waals surface area contributed by atoms with Gasteiger partial charge in [0.2, 0.25) is 0 Å². The molecule has 0 aromatic heterocycles. The van der Waals surface area contributed by atoms with E-state index >= 15 is 0 Å². The molecule has 0 saturated heterocycles. The van der Waals surface area contributed by atoms with Crippen LogP contribution in [0.4, 0.5) is 0 Å². The highest BCUT2D eigenvalue weighted by Crippen LogP contribution is 2.31. The third-order valence-corrected chi connectivity index (χ3v) is 4.28. The molecule has 76 valence electrons. The summed E-state index contributed by atoms with van der Waals surface area (Å²) in [6.45, 7) is 5.12. The van der Waals surface area contributed by atoms with Gasteiger partial charge in [-0.05, 0) is 31.7 Å². The second-order valence-corrected chi connectivity index (χ2v) is 5.66. The minimum absolute atomic E-state index is 0.252. The predicted molar refractivity (Wildman–Crippen MR) is 65.9 cm³/mol. The average Bonchev–Trinajstić information content (AvgIpc) is 2.12. The zero-order valence-corrected chi connectivity index (χ0v) is 10.5. The van der Waals surface area contributed by atoms with Crippen LogP contribution in [0.2, 0.25) is 0 Å². The summed E-state index contributed by atoms with van der Waals surface area (Å²) in [4.78, 5) is 0. The molecular weight excluding hydrogens is 275 g/mol. The van der Waals surface area contributed by atoms with Crippen molar-refractivity contribution in [3.8, 4) is 0 Å². The fourth-order valence-electron chi connectivity index (χ4n) is 1.78. The maximum atomic E-state index is 6.02. The van der Waals surface area contributed by atoms with Crippen LogP contribution in [0.25, 0.3) is 0 Å². The quantitative estimate of drug-likeness (QED) is 0.462. The predicted octanol–water partition coefficient (Wildman–Crippen LogP) is 1.68. The number of nitrogens with two attached hydrogens (primary N) is 2. The molecule has 0 aliphatic heterocycles. The number of rotatable bonds is 2. The Balaban J connectivity index is 2.71. The number of halogens is 1. The second kappa shape index (κ2) is 4.75. The van der Waals surface area contributed by atoms with Gasteiger partial charge in [-0.2, -0.15) is 0 Å². The second-order valence-electron chi connectivity index (χ2n) is 4.07. The smallest absolute Gasteiger partial charge is 0.0371 e. The summed E-state index contributed by atoms with van der Waals surface area (Å²) in [5.41, 5.74) is 13.0. The molecule has 0 fully saturated rings. The van der Waals surface area contributed by atoms with Crippen LogP contribution in [0.3, 0.4) is 0 Å². The van der Waals surface area contributed by atoms with Gasteiger partial charge >= 0.3 is 0 Å². The molecule has 13 heavy (non-hydrogen) atoms. The molecule has 0 radical (unpaired) electrons. The van der Waals surface area contributed by atoms with Crippen molar-refractivity contribution < 1.29 is 0 Å². The monoisotopic (exact) mass is 294 g/mol. The van der Waals surface area contributed by atoms with Crippen LogP contribution >= 0.6 is 22.6 Å². The molecule has 0 bridgehead atoms. The minimum Gasteiger partial charge on any atom is -0.330 e. The number of hydrogen-bond acceptors (Lipinski definition) is 2. The Morgan fingerprint density at radius 3 is 2.77 bits per heavy atom. The molecule has 1 aliphatic carbocycles. The zero-order valence-electron chi connectivity index (χ0n) is 8.33. The Morgan fingerprint density at radius 2 is 2.31 bits per heavy atom. The van der Waals surface area contributed by atoms with Gasteiger partial charge in [0, 0.05) is 9.97 Å². The molecule has 4 atom stereocenters. The summed E-state index contributed by atoms with van der Waals surface area (Å²) < 4.78 is 0.571. The van der Waals surface area contributed by atoms with Gasteiger partial charge in [-0.25, -0.2) is 0 Å². The van der Waals surface area contributed by atoms with E-state index in [1.165, 1.54) is 12.0 Å². The fourth-order valence-corrected chi connectivity index (χ4v) is 2.93. The Kier molecular flexibility index (Phi) is 4.19. The standard InChI is InChI=1S/C10H19IN2/c1-6-3-8(7(2)5-12)4-9(11)10(6)13/h3,7-10H,4-5,12-13H2,1-2H3. The fraction of sp³-hybridized carbons (Fsp3) is 0.800. The number of allylic oxidation sites excluding steroid dienone is 1. The minimum atomic E-state index is 0.252. The van der Waals surface area contributed by atoms with Crippen LogP contribution in [0.1, 0.15) is 20.3 Å². The molecule has 3 heteroatoms. The largest absolute Gasteiger partial charge is 0.330 e. The van der Waals surface area contributed by atoms with E-state index in [1.54, 1.807) is 0 Å². The van der Waals surface area contributed by atoms with E-state index in [2.05, 4.69) is 42.5 Å². The van der Waals surface area contributed by atoms with Crippen LogP contribution in [0, 0.1) is 11.8 Å². The molecule has 4 unspecified atom stereocenters. The van der Waals surface area contributed by atoms with Crippen LogP contribution < -0.4 is 11.5 Å². The zero-order chi connectivity index (χ0) is 10.0. The first-order valence-electron chi connectivity index (χ1n) is 4.84. The molecule has 1 rings (SSSR count). The Hall–Kier alpha value is 0.390. The SMILES string of the molecule is CC1=CC(C(C)CN)CC(I)C1N. The first-order valence-corrected chi connectivity index (χ1v) is 6.08. The maximum Gasteiger partial charge on any atom is 0.0371 e. The summed E-state index contributed by atoms with van der Waals surface area (Å²) in [5, 5.41) is 0. The lowest BCUT2D eigenvalue weighted by Crippen LogP contribution is -2.38. The molecule has 0 aromatic carbocycles. The van der Waals surface area contributed by atoms with Gasteiger partial charge in [0.05, 0.1) is 0 Å². The average molecular weight is 294 g/mol. The topological polar surface area (TPSA) is 52.0 Å². The molecule has 0 spiro atoms. The molecular formula is C10H19IN2. The maximum absolute atomic E-state index is 6.02. The van der Waals surface area contributed by atoms with E-state index in [0.717, 1.165) is 6.54 Å². The van der Waals surface area contributed by atoms with Crippen molar-refractivity contribution in [3.63, 3.8) is 0 Å². The summed E-state index contributed by atoms with van der Waals surface area (Å²) in [5.74, 6) is 1.21. The highest BCUT2D eigenvalue weighted by Gasteiger charge is 2.27. The van der Waals surface area contributed by atoms with E-state index in [0.29, 0.717) is 15.8 Å². The van der Waals surface area contributed by atoms with Crippen molar-refractivity contribution in [2.45, 2.75) is 30.2 Å². The Labute approximate surface area is 94.3 Å². The molecule has 0 aromatic rings. The van der Waals surface area contributed by atoms with Gasteiger partial charge in [-0.1, -0.05) is 41.2 Å².